The normalized spacial score (nSPS) is 18.2. The van der Waals surface area contributed by atoms with Gasteiger partial charge >= 0.3 is 6.03 Å². The van der Waals surface area contributed by atoms with Gasteiger partial charge in [0.05, 0.1) is 6.04 Å². The zero-order chi connectivity index (χ0) is 13.9. The first-order valence-electron chi connectivity index (χ1n) is 6.78. The number of carbonyl (C=O) groups is 1. The van der Waals surface area contributed by atoms with Gasteiger partial charge in [-0.2, -0.15) is 0 Å². The molecule has 104 valence electrons. The smallest absolute Gasteiger partial charge is 0.322 e. The van der Waals surface area contributed by atoms with E-state index in [1.165, 1.54) is 5.56 Å². The molecular weight excluding hydrogens is 254 g/mol. The summed E-state index contributed by atoms with van der Waals surface area (Å²) in [5.74, 6) is 0. The van der Waals surface area contributed by atoms with Crippen LogP contribution in [-0.4, -0.2) is 22.6 Å². The van der Waals surface area contributed by atoms with Crippen molar-refractivity contribution in [2.45, 2.75) is 25.8 Å². The highest BCUT2D eigenvalue weighted by Gasteiger charge is 2.31. The third-order valence-electron chi connectivity index (χ3n) is 3.62. The van der Waals surface area contributed by atoms with Crippen molar-refractivity contribution in [2.75, 3.05) is 11.9 Å². The average Bonchev–Trinajstić information content (AvgIpc) is 3.11. The topological polar surface area (TPSA) is 58.4 Å². The summed E-state index contributed by atoms with van der Waals surface area (Å²) in [6.07, 6.45) is 3.45. The molecule has 0 bridgehead atoms. The van der Waals surface area contributed by atoms with Gasteiger partial charge in [-0.25, -0.2) is 4.79 Å². The van der Waals surface area contributed by atoms with Gasteiger partial charge in [0.2, 0.25) is 0 Å². The van der Waals surface area contributed by atoms with Gasteiger partial charge in [-0.15, -0.1) is 0 Å². The number of carbonyl (C=O) groups excluding carboxylic acids is 1. The fraction of sp³-hybridized carbons (Fsp3) is 0.333. The van der Waals surface area contributed by atoms with E-state index in [1.807, 2.05) is 42.2 Å². The van der Waals surface area contributed by atoms with Gasteiger partial charge in [0.1, 0.15) is 12.0 Å². The first-order chi connectivity index (χ1) is 9.74. The number of nitrogens with zero attached hydrogens (tertiary/aromatic N) is 2. The van der Waals surface area contributed by atoms with Crippen LogP contribution in [0.25, 0.3) is 0 Å². The number of aryl methyl sites for hydroxylation is 1. The monoisotopic (exact) mass is 271 g/mol. The maximum absolute atomic E-state index is 12.4. The molecule has 20 heavy (non-hydrogen) atoms. The summed E-state index contributed by atoms with van der Waals surface area (Å²) in [5.41, 5.74) is 2.80. The summed E-state index contributed by atoms with van der Waals surface area (Å²) in [6.45, 7) is 2.77. The summed E-state index contributed by atoms with van der Waals surface area (Å²) in [7, 11) is 0. The lowest BCUT2D eigenvalue weighted by atomic mass is 10.1. The molecule has 1 N–H and O–H groups in total. The SMILES string of the molecule is Cc1ccc(NC(=O)N2CCC[C@H]2c2ccon2)cc1. The Bertz CT molecular complexity index is 578. The van der Waals surface area contributed by atoms with Crippen molar-refractivity contribution in [1.29, 1.82) is 0 Å². The van der Waals surface area contributed by atoms with Crippen LogP contribution < -0.4 is 5.32 Å². The van der Waals surface area contributed by atoms with Gasteiger partial charge < -0.3 is 14.7 Å². The number of hydrogen-bond donors (Lipinski definition) is 1. The second kappa shape index (κ2) is 5.36. The van der Waals surface area contributed by atoms with Gasteiger partial charge in [0.15, 0.2) is 0 Å². The minimum absolute atomic E-state index is 0.0131. The molecule has 1 saturated heterocycles. The summed E-state index contributed by atoms with van der Waals surface area (Å²) in [6, 6.07) is 9.53. The molecule has 1 aromatic heterocycles. The average molecular weight is 271 g/mol. The standard InChI is InChI=1S/C15H17N3O2/c1-11-4-6-12(7-5-11)16-15(19)18-9-2-3-14(18)13-8-10-20-17-13/h4-8,10,14H,2-3,9H2,1H3,(H,16,19)/t14-/m0/s1. The number of nitrogens with one attached hydrogen (secondary N) is 1. The number of anilines is 1. The van der Waals surface area contributed by atoms with E-state index in [2.05, 4.69) is 10.5 Å². The number of urea groups is 1. The molecule has 5 heteroatoms. The summed E-state index contributed by atoms with van der Waals surface area (Å²) < 4.78 is 4.88. The molecule has 2 aromatic rings. The first-order valence-corrected chi connectivity index (χ1v) is 6.78. The van der Waals surface area contributed by atoms with Crippen LogP contribution in [-0.2, 0) is 0 Å². The lowest BCUT2D eigenvalue weighted by Gasteiger charge is -2.23. The molecule has 0 aliphatic carbocycles. The number of benzene rings is 1. The third-order valence-corrected chi connectivity index (χ3v) is 3.62. The fourth-order valence-corrected chi connectivity index (χ4v) is 2.54. The number of rotatable bonds is 2. The maximum atomic E-state index is 12.4. The van der Waals surface area contributed by atoms with Crippen molar-refractivity contribution < 1.29 is 9.32 Å². The lowest BCUT2D eigenvalue weighted by Crippen LogP contribution is -2.34. The van der Waals surface area contributed by atoms with E-state index >= 15 is 0 Å². The molecule has 2 heterocycles. The fourth-order valence-electron chi connectivity index (χ4n) is 2.54. The van der Waals surface area contributed by atoms with E-state index in [9.17, 15) is 4.79 Å². The maximum Gasteiger partial charge on any atom is 0.322 e. The van der Waals surface area contributed by atoms with Crippen molar-refractivity contribution in [1.82, 2.24) is 10.1 Å². The lowest BCUT2D eigenvalue weighted by molar-refractivity contribution is 0.204. The van der Waals surface area contributed by atoms with Gasteiger partial charge in [0, 0.05) is 18.3 Å². The highest BCUT2D eigenvalue weighted by atomic mass is 16.5. The van der Waals surface area contributed by atoms with E-state index < -0.39 is 0 Å². The zero-order valence-electron chi connectivity index (χ0n) is 11.4. The highest BCUT2D eigenvalue weighted by molar-refractivity contribution is 5.89. The quantitative estimate of drug-likeness (QED) is 0.911. The van der Waals surface area contributed by atoms with Crippen LogP contribution in [0.4, 0.5) is 10.5 Å². The predicted molar refractivity (Wildman–Crippen MR) is 75.4 cm³/mol. The van der Waals surface area contributed by atoms with E-state index in [4.69, 9.17) is 4.52 Å². The highest BCUT2D eigenvalue weighted by Crippen LogP contribution is 2.31. The second-order valence-electron chi connectivity index (χ2n) is 5.07. The Kier molecular flexibility index (Phi) is 3.41. The first kappa shape index (κ1) is 12.7. The number of aromatic nitrogens is 1. The number of hydrogen-bond acceptors (Lipinski definition) is 3. The second-order valence-corrected chi connectivity index (χ2v) is 5.07. The molecule has 1 atom stereocenters. The van der Waals surface area contributed by atoms with Crippen LogP contribution >= 0.6 is 0 Å². The number of amides is 2. The van der Waals surface area contributed by atoms with Crippen LogP contribution in [0.5, 0.6) is 0 Å². The minimum atomic E-state index is -0.0839. The minimum Gasteiger partial charge on any atom is -0.364 e. The van der Waals surface area contributed by atoms with Crippen LogP contribution in [0, 0.1) is 6.92 Å². The van der Waals surface area contributed by atoms with Crippen LogP contribution in [0.2, 0.25) is 0 Å². The molecule has 1 aliphatic rings. The molecule has 0 saturated carbocycles. The van der Waals surface area contributed by atoms with Crippen molar-refractivity contribution in [3.05, 3.63) is 47.9 Å². The molecule has 1 fully saturated rings. The summed E-state index contributed by atoms with van der Waals surface area (Å²) in [4.78, 5) is 14.2. The van der Waals surface area contributed by atoms with Gasteiger partial charge in [-0.05, 0) is 31.9 Å². The van der Waals surface area contributed by atoms with Gasteiger partial charge in [-0.3, -0.25) is 0 Å². The Hall–Kier alpha value is -2.30. The molecule has 5 nitrogen and oxygen atoms in total. The zero-order valence-corrected chi connectivity index (χ0v) is 11.4. The Morgan fingerprint density at radius 3 is 2.85 bits per heavy atom. The summed E-state index contributed by atoms with van der Waals surface area (Å²) in [5, 5.41) is 6.88. The largest absolute Gasteiger partial charge is 0.364 e. The third kappa shape index (κ3) is 2.52. The molecular formula is C15H17N3O2. The molecule has 3 rings (SSSR count). The van der Waals surface area contributed by atoms with Crippen molar-refractivity contribution in [2.24, 2.45) is 0 Å². The number of likely N-dealkylation sites (tertiary alicyclic amines) is 1. The van der Waals surface area contributed by atoms with E-state index in [0.29, 0.717) is 0 Å². The van der Waals surface area contributed by atoms with Gasteiger partial charge in [-0.1, -0.05) is 22.9 Å². The van der Waals surface area contributed by atoms with Crippen molar-refractivity contribution >= 4 is 11.7 Å². The van der Waals surface area contributed by atoms with E-state index in [0.717, 1.165) is 30.8 Å². The van der Waals surface area contributed by atoms with Crippen molar-refractivity contribution in [3.8, 4) is 0 Å². The predicted octanol–water partition coefficient (Wildman–Crippen LogP) is 3.35. The molecule has 0 unspecified atom stereocenters. The molecule has 1 aromatic carbocycles. The molecule has 0 spiro atoms. The Balaban J connectivity index is 1.71. The molecule has 0 radical (unpaired) electrons. The Morgan fingerprint density at radius 2 is 2.15 bits per heavy atom. The van der Waals surface area contributed by atoms with E-state index in [-0.39, 0.29) is 12.1 Å². The Labute approximate surface area is 117 Å². The van der Waals surface area contributed by atoms with Crippen LogP contribution in [0.15, 0.2) is 41.1 Å². The van der Waals surface area contributed by atoms with Crippen LogP contribution in [0.3, 0.4) is 0 Å². The van der Waals surface area contributed by atoms with Gasteiger partial charge in [0.25, 0.3) is 0 Å². The molecule has 2 amide bonds. The van der Waals surface area contributed by atoms with E-state index in [1.54, 1.807) is 6.26 Å². The van der Waals surface area contributed by atoms with Crippen LogP contribution in [0.1, 0.15) is 30.1 Å². The molecule has 1 aliphatic heterocycles. The summed E-state index contributed by atoms with van der Waals surface area (Å²) >= 11 is 0. The Morgan fingerprint density at radius 1 is 1.35 bits per heavy atom. The van der Waals surface area contributed by atoms with Crippen molar-refractivity contribution in [3.63, 3.8) is 0 Å².